The molecule has 3 saturated heterocycles. The molecule has 0 bridgehead atoms. The summed E-state index contributed by atoms with van der Waals surface area (Å²) in [6.07, 6.45) is 4.93. The molecule has 3 fully saturated rings. The van der Waals surface area contributed by atoms with Crippen molar-refractivity contribution in [2.75, 3.05) is 63.8 Å². The third-order valence-corrected chi connectivity index (χ3v) is 6.81. The lowest BCUT2D eigenvalue weighted by atomic mass is 9.93. The number of likely N-dealkylation sites (tertiary alicyclic amines) is 2. The molecule has 0 atom stereocenters. The van der Waals surface area contributed by atoms with Crippen molar-refractivity contribution in [3.63, 3.8) is 0 Å². The van der Waals surface area contributed by atoms with Crippen LogP contribution in [0.25, 0.3) is 0 Å². The number of piperazine rings is 1. The molecule has 3 heterocycles. The summed E-state index contributed by atoms with van der Waals surface area (Å²) in [5, 5.41) is 0. The standard InChI is InChI=1S/C23H33FN4O2/c24-20-5-1-2-6-21(20)26-13-15-28(16-14-26)23(30)18-25-11-7-19(8-12-25)17-22(29)27-9-3-4-10-27/h1-2,5-6,19H,3-4,7-18H2. The number of amides is 2. The fourth-order valence-electron chi connectivity index (χ4n) is 4.89. The Morgan fingerprint density at radius 1 is 0.833 bits per heavy atom. The number of carbonyl (C=O) groups is 2. The molecule has 0 aliphatic carbocycles. The van der Waals surface area contributed by atoms with Gasteiger partial charge < -0.3 is 14.7 Å². The average Bonchev–Trinajstić information content (AvgIpc) is 3.31. The molecule has 0 saturated carbocycles. The zero-order chi connectivity index (χ0) is 20.9. The highest BCUT2D eigenvalue weighted by atomic mass is 19.1. The number of para-hydroxylation sites is 1. The van der Waals surface area contributed by atoms with E-state index in [0.29, 0.717) is 56.7 Å². The smallest absolute Gasteiger partial charge is 0.236 e. The highest BCUT2D eigenvalue weighted by Gasteiger charge is 2.28. The molecule has 7 heteroatoms. The van der Waals surface area contributed by atoms with Crippen LogP contribution in [0.1, 0.15) is 32.1 Å². The number of carbonyl (C=O) groups excluding carboxylic acids is 2. The number of halogens is 1. The van der Waals surface area contributed by atoms with Gasteiger partial charge in [-0.1, -0.05) is 12.1 Å². The number of anilines is 1. The van der Waals surface area contributed by atoms with Crippen LogP contribution in [0.5, 0.6) is 0 Å². The SMILES string of the molecule is O=C(CC1CCN(CC(=O)N2CCN(c3ccccc3F)CC2)CC1)N1CCCC1. The molecular formula is C23H33FN4O2. The lowest BCUT2D eigenvalue weighted by Crippen LogP contribution is -2.52. The molecule has 3 aliphatic rings. The summed E-state index contributed by atoms with van der Waals surface area (Å²) < 4.78 is 14.0. The zero-order valence-corrected chi connectivity index (χ0v) is 17.8. The minimum atomic E-state index is -0.205. The molecule has 0 spiro atoms. The number of benzene rings is 1. The first-order chi connectivity index (χ1) is 14.6. The fourth-order valence-corrected chi connectivity index (χ4v) is 4.89. The molecule has 30 heavy (non-hydrogen) atoms. The second-order valence-electron chi connectivity index (χ2n) is 8.83. The predicted octanol–water partition coefficient (Wildman–Crippen LogP) is 2.20. The first-order valence-electron chi connectivity index (χ1n) is 11.4. The van der Waals surface area contributed by atoms with E-state index in [1.54, 1.807) is 12.1 Å². The molecule has 4 rings (SSSR count). The summed E-state index contributed by atoms with van der Waals surface area (Å²) >= 11 is 0. The van der Waals surface area contributed by atoms with Gasteiger partial charge in [0.2, 0.25) is 11.8 Å². The third-order valence-electron chi connectivity index (χ3n) is 6.81. The Bertz CT molecular complexity index is 736. The van der Waals surface area contributed by atoms with E-state index in [0.717, 1.165) is 51.9 Å². The molecule has 164 valence electrons. The van der Waals surface area contributed by atoms with Gasteiger partial charge in [-0.05, 0) is 56.8 Å². The van der Waals surface area contributed by atoms with E-state index in [1.807, 2.05) is 20.8 Å². The highest BCUT2D eigenvalue weighted by Crippen LogP contribution is 2.23. The van der Waals surface area contributed by atoms with Crippen molar-refractivity contribution < 1.29 is 14.0 Å². The number of piperidine rings is 1. The minimum absolute atomic E-state index is 0.162. The van der Waals surface area contributed by atoms with Gasteiger partial charge in [-0.25, -0.2) is 4.39 Å². The summed E-state index contributed by atoms with van der Waals surface area (Å²) in [5.74, 6) is 0.724. The third kappa shape index (κ3) is 5.12. The second kappa shape index (κ2) is 9.77. The Labute approximate surface area is 178 Å². The van der Waals surface area contributed by atoms with Crippen LogP contribution in [0.3, 0.4) is 0 Å². The maximum Gasteiger partial charge on any atom is 0.236 e. The van der Waals surface area contributed by atoms with E-state index in [-0.39, 0.29) is 11.7 Å². The molecule has 3 aliphatic heterocycles. The van der Waals surface area contributed by atoms with Gasteiger partial charge in [0.1, 0.15) is 5.82 Å². The molecule has 0 radical (unpaired) electrons. The summed E-state index contributed by atoms with van der Waals surface area (Å²) in [6, 6.07) is 6.82. The van der Waals surface area contributed by atoms with E-state index in [9.17, 15) is 14.0 Å². The Kier molecular flexibility index (Phi) is 6.87. The first kappa shape index (κ1) is 21.1. The van der Waals surface area contributed by atoms with Crippen molar-refractivity contribution in [3.8, 4) is 0 Å². The van der Waals surface area contributed by atoms with Gasteiger partial charge in [-0.2, -0.15) is 0 Å². The van der Waals surface area contributed by atoms with Crippen molar-refractivity contribution >= 4 is 17.5 Å². The lowest BCUT2D eigenvalue weighted by molar-refractivity contribution is -0.134. The van der Waals surface area contributed by atoms with Gasteiger partial charge >= 0.3 is 0 Å². The summed E-state index contributed by atoms with van der Waals surface area (Å²) in [6.45, 7) is 6.67. The van der Waals surface area contributed by atoms with E-state index in [1.165, 1.54) is 6.07 Å². The molecule has 6 nitrogen and oxygen atoms in total. The van der Waals surface area contributed by atoms with Gasteiger partial charge in [0.15, 0.2) is 0 Å². The topological polar surface area (TPSA) is 47.1 Å². The Morgan fingerprint density at radius 3 is 2.13 bits per heavy atom. The molecule has 0 N–H and O–H groups in total. The van der Waals surface area contributed by atoms with Gasteiger partial charge in [0, 0.05) is 45.7 Å². The summed E-state index contributed by atoms with van der Waals surface area (Å²) in [4.78, 5) is 33.2. The predicted molar refractivity (Wildman–Crippen MR) is 115 cm³/mol. The molecule has 1 aromatic carbocycles. The van der Waals surface area contributed by atoms with Crippen LogP contribution >= 0.6 is 0 Å². The van der Waals surface area contributed by atoms with Gasteiger partial charge in [-0.15, -0.1) is 0 Å². The Hall–Kier alpha value is -2.15. The summed E-state index contributed by atoms with van der Waals surface area (Å²) in [7, 11) is 0. The van der Waals surface area contributed by atoms with Crippen LogP contribution < -0.4 is 4.90 Å². The lowest BCUT2D eigenvalue weighted by Gasteiger charge is -2.38. The fraction of sp³-hybridized carbons (Fsp3) is 0.652. The monoisotopic (exact) mass is 416 g/mol. The quantitative estimate of drug-likeness (QED) is 0.738. The van der Waals surface area contributed by atoms with Crippen LogP contribution in [0, 0.1) is 11.7 Å². The van der Waals surface area contributed by atoms with E-state index >= 15 is 0 Å². The normalized spacial score (nSPS) is 21.3. The zero-order valence-electron chi connectivity index (χ0n) is 17.8. The van der Waals surface area contributed by atoms with E-state index in [4.69, 9.17) is 0 Å². The average molecular weight is 417 g/mol. The number of nitrogens with zero attached hydrogens (tertiary/aromatic N) is 4. The number of hydrogen-bond donors (Lipinski definition) is 0. The van der Waals surface area contributed by atoms with Crippen molar-refractivity contribution in [2.45, 2.75) is 32.1 Å². The van der Waals surface area contributed by atoms with Gasteiger partial charge in [0.25, 0.3) is 0 Å². The Balaban J connectivity index is 1.17. The van der Waals surface area contributed by atoms with Crippen LogP contribution in [0.15, 0.2) is 24.3 Å². The van der Waals surface area contributed by atoms with Gasteiger partial charge in [-0.3, -0.25) is 14.5 Å². The first-order valence-corrected chi connectivity index (χ1v) is 11.4. The second-order valence-corrected chi connectivity index (χ2v) is 8.83. The van der Waals surface area contributed by atoms with Crippen molar-refractivity contribution in [1.82, 2.24) is 14.7 Å². The van der Waals surface area contributed by atoms with Crippen LogP contribution in [0.2, 0.25) is 0 Å². The molecule has 2 amide bonds. The largest absolute Gasteiger partial charge is 0.366 e. The van der Waals surface area contributed by atoms with Crippen LogP contribution in [0.4, 0.5) is 10.1 Å². The van der Waals surface area contributed by atoms with Gasteiger partial charge in [0.05, 0.1) is 12.2 Å². The minimum Gasteiger partial charge on any atom is -0.366 e. The maximum absolute atomic E-state index is 14.0. The summed E-state index contributed by atoms with van der Waals surface area (Å²) in [5.41, 5.74) is 0.621. The highest BCUT2D eigenvalue weighted by molar-refractivity contribution is 5.78. The number of hydrogen-bond acceptors (Lipinski definition) is 4. The Morgan fingerprint density at radius 2 is 1.47 bits per heavy atom. The number of rotatable bonds is 5. The van der Waals surface area contributed by atoms with Crippen LogP contribution in [-0.2, 0) is 9.59 Å². The maximum atomic E-state index is 14.0. The molecular weight excluding hydrogens is 383 g/mol. The van der Waals surface area contributed by atoms with Crippen LogP contribution in [-0.4, -0.2) is 85.4 Å². The van der Waals surface area contributed by atoms with Crippen molar-refractivity contribution in [2.24, 2.45) is 5.92 Å². The molecule has 0 unspecified atom stereocenters. The molecule has 0 aromatic heterocycles. The van der Waals surface area contributed by atoms with E-state index in [2.05, 4.69) is 4.90 Å². The van der Waals surface area contributed by atoms with Crippen molar-refractivity contribution in [1.29, 1.82) is 0 Å². The van der Waals surface area contributed by atoms with Crippen molar-refractivity contribution in [3.05, 3.63) is 30.1 Å². The molecule has 1 aromatic rings. The van der Waals surface area contributed by atoms with E-state index < -0.39 is 0 Å².